The normalized spacial score (nSPS) is 13.1. The molecular weight excluding hydrogens is 260 g/mol. The molecule has 98 valence electrons. The van der Waals surface area contributed by atoms with Gasteiger partial charge in [-0.2, -0.15) is 0 Å². The van der Waals surface area contributed by atoms with Crippen molar-refractivity contribution < 1.29 is 4.21 Å². The number of nitrogen functional groups attached to an aromatic ring is 1. The highest BCUT2D eigenvalue weighted by atomic mass is 32.2. The quantitative estimate of drug-likeness (QED) is 0.786. The lowest BCUT2D eigenvalue weighted by Crippen LogP contribution is -2.09. The molecule has 5 nitrogen and oxygen atoms in total. The summed E-state index contributed by atoms with van der Waals surface area (Å²) < 4.78 is 13.2. The number of hydrogen-bond donors (Lipinski definition) is 1. The van der Waals surface area contributed by atoms with E-state index in [0.717, 1.165) is 21.9 Å². The fourth-order valence-corrected chi connectivity index (χ4v) is 2.67. The lowest BCUT2D eigenvalue weighted by Gasteiger charge is -2.06. The highest BCUT2D eigenvalue weighted by molar-refractivity contribution is 7.84. The van der Waals surface area contributed by atoms with E-state index in [1.54, 1.807) is 12.5 Å². The van der Waals surface area contributed by atoms with Crippen LogP contribution < -0.4 is 5.73 Å². The van der Waals surface area contributed by atoms with Gasteiger partial charge in [-0.25, -0.2) is 4.98 Å². The van der Waals surface area contributed by atoms with Crippen LogP contribution in [-0.4, -0.2) is 30.8 Å². The molecule has 0 saturated carbocycles. The summed E-state index contributed by atoms with van der Waals surface area (Å²) in [6.45, 7) is 0.597. The van der Waals surface area contributed by atoms with Crippen molar-refractivity contribution in [2.75, 3.05) is 17.7 Å². The van der Waals surface area contributed by atoms with E-state index in [1.807, 2.05) is 28.8 Å². The molecule has 0 fully saturated rings. The number of hydrogen-bond acceptors (Lipinski definition) is 4. The van der Waals surface area contributed by atoms with Crippen molar-refractivity contribution in [3.8, 4) is 0 Å². The molecule has 19 heavy (non-hydrogen) atoms. The Morgan fingerprint density at radius 2 is 2.11 bits per heavy atom. The van der Waals surface area contributed by atoms with Gasteiger partial charge in [-0.3, -0.25) is 9.19 Å². The summed E-state index contributed by atoms with van der Waals surface area (Å²) in [5, 5.41) is 1.02. The zero-order chi connectivity index (χ0) is 13.4. The molecule has 1 atom stereocenters. The number of para-hydroxylation sites is 1. The van der Waals surface area contributed by atoms with Gasteiger partial charge in [0, 0.05) is 34.7 Å². The molecule has 2 N–H and O–H groups in total. The average molecular weight is 274 g/mol. The van der Waals surface area contributed by atoms with Crippen LogP contribution in [0.15, 0.2) is 30.5 Å². The summed E-state index contributed by atoms with van der Waals surface area (Å²) in [6, 6.07) is 7.88. The Hall–Kier alpha value is -1.95. The van der Waals surface area contributed by atoms with Crippen molar-refractivity contribution in [2.45, 2.75) is 6.54 Å². The smallest absolute Gasteiger partial charge is 0.201 e. The van der Waals surface area contributed by atoms with Crippen LogP contribution in [0.1, 0.15) is 0 Å². The minimum atomic E-state index is -0.855. The van der Waals surface area contributed by atoms with Crippen LogP contribution in [0.25, 0.3) is 21.9 Å². The van der Waals surface area contributed by atoms with Crippen LogP contribution in [0, 0.1) is 0 Å². The van der Waals surface area contributed by atoms with E-state index >= 15 is 0 Å². The van der Waals surface area contributed by atoms with Crippen molar-refractivity contribution >= 4 is 38.7 Å². The van der Waals surface area contributed by atoms with E-state index in [0.29, 0.717) is 18.2 Å². The number of rotatable bonds is 3. The van der Waals surface area contributed by atoms with Gasteiger partial charge in [0.2, 0.25) is 5.95 Å². The second-order valence-corrected chi connectivity index (χ2v) is 5.96. The topological polar surface area (TPSA) is 73.8 Å². The van der Waals surface area contributed by atoms with E-state index < -0.39 is 10.8 Å². The SMILES string of the molecule is CS(=O)CCn1c(N)nc2cnc3ccccc3c21. The summed E-state index contributed by atoms with van der Waals surface area (Å²) in [4.78, 5) is 8.69. The first-order valence-corrected chi connectivity index (χ1v) is 7.69. The van der Waals surface area contributed by atoms with E-state index in [4.69, 9.17) is 5.73 Å². The Kier molecular flexibility index (Phi) is 2.94. The molecule has 0 spiro atoms. The zero-order valence-electron chi connectivity index (χ0n) is 10.5. The number of nitrogens with two attached hydrogens (primary N) is 1. The molecule has 0 amide bonds. The fraction of sp³-hybridized carbons (Fsp3) is 0.231. The molecule has 1 aromatic carbocycles. The van der Waals surface area contributed by atoms with Crippen molar-refractivity contribution in [1.29, 1.82) is 0 Å². The highest BCUT2D eigenvalue weighted by Crippen LogP contribution is 2.25. The Morgan fingerprint density at radius 3 is 2.89 bits per heavy atom. The first-order chi connectivity index (χ1) is 9.16. The van der Waals surface area contributed by atoms with Gasteiger partial charge in [0.15, 0.2) is 0 Å². The molecule has 2 aromatic heterocycles. The number of aryl methyl sites for hydroxylation is 1. The molecule has 0 aliphatic rings. The number of benzene rings is 1. The van der Waals surface area contributed by atoms with E-state index in [2.05, 4.69) is 9.97 Å². The van der Waals surface area contributed by atoms with Crippen molar-refractivity contribution in [3.05, 3.63) is 30.5 Å². The monoisotopic (exact) mass is 274 g/mol. The Bertz CT molecular complexity index is 781. The highest BCUT2D eigenvalue weighted by Gasteiger charge is 2.12. The Balaban J connectivity index is 2.27. The van der Waals surface area contributed by atoms with Gasteiger partial charge in [-0.1, -0.05) is 18.2 Å². The molecule has 0 bridgehead atoms. The molecule has 0 saturated heterocycles. The first kappa shape index (κ1) is 12.1. The van der Waals surface area contributed by atoms with Gasteiger partial charge in [-0.05, 0) is 6.07 Å². The second-order valence-electron chi connectivity index (χ2n) is 4.41. The van der Waals surface area contributed by atoms with Crippen LogP contribution in [0.2, 0.25) is 0 Å². The van der Waals surface area contributed by atoms with Gasteiger partial charge in [0.1, 0.15) is 5.52 Å². The minimum Gasteiger partial charge on any atom is -0.369 e. The van der Waals surface area contributed by atoms with Crippen LogP contribution in [-0.2, 0) is 17.3 Å². The number of nitrogens with zero attached hydrogens (tertiary/aromatic N) is 3. The van der Waals surface area contributed by atoms with Crippen LogP contribution in [0.3, 0.4) is 0 Å². The van der Waals surface area contributed by atoms with Gasteiger partial charge in [0.25, 0.3) is 0 Å². The molecule has 1 unspecified atom stereocenters. The number of pyridine rings is 1. The third-order valence-corrected chi connectivity index (χ3v) is 3.87. The van der Waals surface area contributed by atoms with Crippen LogP contribution in [0.4, 0.5) is 5.95 Å². The van der Waals surface area contributed by atoms with Gasteiger partial charge in [-0.15, -0.1) is 0 Å². The molecule has 0 aliphatic carbocycles. The van der Waals surface area contributed by atoms with Gasteiger partial charge >= 0.3 is 0 Å². The first-order valence-electron chi connectivity index (χ1n) is 5.96. The number of imidazole rings is 1. The molecule has 0 aliphatic heterocycles. The lowest BCUT2D eigenvalue weighted by molar-refractivity contribution is 0.680. The molecule has 3 aromatic rings. The maximum atomic E-state index is 11.3. The maximum Gasteiger partial charge on any atom is 0.201 e. The van der Waals surface area contributed by atoms with Crippen LogP contribution in [0.5, 0.6) is 0 Å². The third-order valence-electron chi connectivity index (χ3n) is 3.11. The van der Waals surface area contributed by atoms with Crippen molar-refractivity contribution in [1.82, 2.24) is 14.5 Å². The second kappa shape index (κ2) is 4.62. The van der Waals surface area contributed by atoms with Crippen molar-refractivity contribution in [3.63, 3.8) is 0 Å². The largest absolute Gasteiger partial charge is 0.369 e. The fourth-order valence-electron chi connectivity index (χ4n) is 2.23. The van der Waals surface area contributed by atoms with E-state index in [9.17, 15) is 4.21 Å². The average Bonchev–Trinajstić information content (AvgIpc) is 2.72. The number of anilines is 1. The molecular formula is C13H14N4OS. The minimum absolute atomic E-state index is 0.443. The van der Waals surface area contributed by atoms with Crippen molar-refractivity contribution in [2.24, 2.45) is 0 Å². The maximum absolute atomic E-state index is 11.3. The summed E-state index contributed by atoms with van der Waals surface area (Å²) in [6.07, 6.45) is 3.42. The molecule has 2 heterocycles. The standard InChI is InChI=1S/C13H14N4OS/c1-19(18)7-6-17-12-9-4-2-3-5-10(9)15-8-11(12)16-13(17)14/h2-5,8H,6-7H2,1H3,(H2,14,16). The molecule has 6 heteroatoms. The molecule has 3 rings (SSSR count). The van der Waals surface area contributed by atoms with E-state index in [-0.39, 0.29) is 0 Å². The van der Waals surface area contributed by atoms with E-state index in [1.165, 1.54) is 0 Å². The van der Waals surface area contributed by atoms with Gasteiger partial charge < -0.3 is 10.3 Å². The molecule has 0 radical (unpaired) electrons. The Morgan fingerprint density at radius 1 is 1.32 bits per heavy atom. The van der Waals surface area contributed by atoms with Gasteiger partial charge in [0.05, 0.1) is 17.2 Å². The summed E-state index contributed by atoms with van der Waals surface area (Å²) >= 11 is 0. The summed E-state index contributed by atoms with van der Waals surface area (Å²) in [7, 11) is -0.855. The Labute approximate surface area is 112 Å². The summed E-state index contributed by atoms with van der Waals surface area (Å²) in [5.74, 6) is 1.00. The third kappa shape index (κ3) is 2.08. The van der Waals surface area contributed by atoms with Crippen LogP contribution >= 0.6 is 0 Å². The predicted molar refractivity (Wildman–Crippen MR) is 78.4 cm³/mol. The number of aromatic nitrogens is 3. The summed E-state index contributed by atoms with van der Waals surface area (Å²) in [5.41, 5.74) is 8.61. The zero-order valence-corrected chi connectivity index (χ0v) is 11.4. The predicted octanol–water partition coefficient (Wildman–Crippen LogP) is 1.55. The lowest BCUT2D eigenvalue weighted by atomic mass is 10.2. The number of fused-ring (bicyclic) bond motifs is 3.